The first kappa shape index (κ1) is 43.9. The van der Waals surface area contributed by atoms with Gasteiger partial charge in [0, 0.05) is 25.9 Å². The molecule has 3 aromatic carbocycles. The average Bonchev–Trinajstić information content (AvgIpc) is 3.15. The van der Waals surface area contributed by atoms with E-state index in [0.29, 0.717) is 52.1 Å². The van der Waals surface area contributed by atoms with Crippen molar-refractivity contribution in [2.45, 2.75) is 158 Å². The highest BCUT2D eigenvalue weighted by atomic mass is 79.9. The van der Waals surface area contributed by atoms with Crippen LogP contribution in [0.3, 0.4) is 0 Å². The zero-order valence-electron chi connectivity index (χ0n) is 33.8. The fourth-order valence-electron chi connectivity index (χ4n) is 7.08. The number of Topliss-reactive ketones (excluding diaryl/α,β-unsaturated/α-hetero) is 1. The van der Waals surface area contributed by atoms with Gasteiger partial charge in [0.2, 0.25) is 0 Å². The molecule has 2 aliphatic rings. The first-order chi connectivity index (χ1) is 26.1. The molecule has 0 aromatic heterocycles. The summed E-state index contributed by atoms with van der Waals surface area (Å²) in [5.41, 5.74) is 1.98. The smallest absolute Gasteiger partial charge is 0.192 e. The second-order valence-electron chi connectivity index (χ2n) is 17.1. The molecular formula is C45H63BrO8Si. The van der Waals surface area contributed by atoms with E-state index in [4.69, 9.17) is 28.1 Å². The molecule has 2 saturated heterocycles. The summed E-state index contributed by atoms with van der Waals surface area (Å²) in [5, 5.41) is 11.8. The van der Waals surface area contributed by atoms with Gasteiger partial charge in [-0.3, -0.25) is 4.79 Å². The lowest BCUT2D eigenvalue weighted by Gasteiger charge is -2.46. The Labute approximate surface area is 338 Å². The average molecular weight is 840 g/mol. The summed E-state index contributed by atoms with van der Waals surface area (Å²) in [6.07, 6.45) is -0.244. The van der Waals surface area contributed by atoms with Gasteiger partial charge >= 0.3 is 0 Å². The van der Waals surface area contributed by atoms with Crippen LogP contribution in [0.1, 0.15) is 83.4 Å². The number of ether oxygens (including phenoxy) is 5. The van der Waals surface area contributed by atoms with Crippen LogP contribution in [-0.4, -0.2) is 79.0 Å². The summed E-state index contributed by atoms with van der Waals surface area (Å²) in [6, 6.07) is 30.2. The lowest BCUT2D eigenvalue weighted by atomic mass is 9.83. The van der Waals surface area contributed by atoms with Crippen molar-refractivity contribution in [1.82, 2.24) is 0 Å². The van der Waals surface area contributed by atoms with Crippen LogP contribution in [0.25, 0.3) is 0 Å². The van der Waals surface area contributed by atoms with Crippen molar-refractivity contribution < 1.29 is 38.0 Å². The molecule has 2 fully saturated rings. The molecule has 0 aliphatic carbocycles. The maximum absolute atomic E-state index is 14.0. The highest BCUT2D eigenvalue weighted by Crippen LogP contribution is 2.41. The van der Waals surface area contributed by atoms with Crippen LogP contribution in [0, 0.1) is 0 Å². The Kier molecular flexibility index (Phi) is 15.9. The van der Waals surface area contributed by atoms with Crippen molar-refractivity contribution in [2.24, 2.45) is 0 Å². The summed E-state index contributed by atoms with van der Waals surface area (Å²) in [7, 11) is -2.19. The summed E-state index contributed by atoms with van der Waals surface area (Å²) >= 11 is 3.75. The molecule has 2 aliphatic heterocycles. The summed E-state index contributed by atoms with van der Waals surface area (Å²) in [5.74, 6) is -0.0437. The Bertz CT molecular complexity index is 1580. The van der Waals surface area contributed by atoms with Crippen molar-refractivity contribution in [3.63, 3.8) is 0 Å². The van der Waals surface area contributed by atoms with E-state index in [-0.39, 0.29) is 53.9 Å². The van der Waals surface area contributed by atoms with E-state index >= 15 is 0 Å². The van der Waals surface area contributed by atoms with Crippen LogP contribution < -0.4 is 0 Å². The minimum Gasteiger partial charge on any atom is -0.411 e. The molecular weight excluding hydrogens is 776 g/mol. The third kappa shape index (κ3) is 12.9. The number of halogens is 1. The van der Waals surface area contributed by atoms with Crippen LogP contribution >= 0.6 is 15.9 Å². The molecule has 0 radical (unpaired) electrons. The maximum atomic E-state index is 14.0. The number of hydrogen-bond donors (Lipinski definition) is 1. The summed E-state index contributed by atoms with van der Waals surface area (Å²) in [6.45, 7) is 16.8. The number of ketones is 1. The standard InChI is InChI=1S/C45H63BrO8Si/c1-32-39(50-30-34-19-13-9-14-20-34)27-41(54-55(6,7)44(2,3)4)40(52-32)25-36(46)37(47)26-43-45(5,48)28-42(51-31-35-21-15-10-16-22-35)38(53-43)23-24-49-29-33-17-11-8-12-18-33/h8-22,32,36,38-43,48H,23-31H2,1-7H3/t32-,36+,38+,39+,40+,41-,42-,43-,45+/m1/s1. The Hall–Kier alpha value is -2.25. The van der Waals surface area contributed by atoms with E-state index in [1.54, 1.807) is 6.92 Å². The summed E-state index contributed by atoms with van der Waals surface area (Å²) < 4.78 is 39.2. The van der Waals surface area contributed by atoms with Gasteiger partial charge in [-0.05, 0) is 61.5 Å². The predicted molar refractivity (Wildman–Crippen MR) is 223 cm³/mol. The molecule has 5 rings (SSSR count). The highest BCUT2D eigenvalue weighted by molar-refractivity contribution is 9.10. The van der Waals surface area contributed by atoms with E-state index in [1.807, 2.05) is 85.8 Å². The molecule has 302 valence electrons. The van der Waals surface area contributed by atoms with E-state index in [1.165, 1.54) is 0 Å². The van der Waals surface area contributed by atoms with Gasteiger partial charge < -0.3 is 33.2 Å². The number of alkyl halides is 1. The van der Waals surface area contributed by atoms with E-state index < -0.39 is 24.8 Å². The van der Waals surface area contributed by atoms with Crippen LogP contribution in [0.2, 0.25) is 18.1 Å². The molecule has 0 saturated carbocycles. The minimum absolute atomic E-state index is 0.000326. The van der Waals surface area contributed by atoms with Crippen molar-refractivity contribution in [1.29, 1.82) is 0 Å². The second-order valence-corrected chi connectivity index (χ2v) is 23.0. The molecule has 0 amide bonds. The Balaban J connectivity index is 1.23. The predicted octanol–water partition coefficient (Wildman–Crippen LogP) is 9.35. The quantitative estimate of drug-likeness (QED) is 0.0771. The van der Waals surface area contributed by atoms with Crippen molar-refractivity contribution in [2.75, 3.05) is 6.61 Å². The number of rotatable bonds is 18. The van der Waals surface area contributed by atoms with E-state index in [9.17, 15) is 9.90 Å². The monoisotopic (exact) mass is 838 g/mol. The van der Waals surface area contributed by atoms with Gasteiger partial charge in [-0.2, -0.15) is 0 Å². The Morgan fingerprint density at radius 2 is 1.36 bits per heavy atom. The Morgan fingerprint density at radius 1 is 0.836 bits per heavy atom. The molecule has 3 aromatic rings. The lowest BCUT2D eigenvalue weighted by molar-refractivity contribution is -0.227. The van der Waals surface area contributed by atoms with Gasteiger partial charge in [0.25, 0.3) is 0 Å². The molecule has 9 atom stereocenters. The molecule has 55 heavy (non-hydrogen) atoms. The molecule has 10 heteroatoms. The maximum Gasteiger partial charge on any atom is 0.192 e. The fraction of sp³-hybridized carbons (Fsp3) is 0.578. The topological polar surface area (TPSA) is 92.7 Å². The van der Waals surface area contributed by atoms with Gasteiger partial charge in [0.05, 0.1) is 73.0 Å². The van der Waals surface area contributed by atoms with Crippen LogP contribution in [-0.2, 0) is 52.7 Å². The number of hydrogen-bond acceptors (Lipinski definition) is 8. The second kappa shape index (κ2) is 19.9. The third-order valence-electron chi connectivity index (χ3n) is 11.6. The van der Waals surface area contributed by atoms with Crippen molar-refractivity contribution in [3.05, 3.63) is 108 Å². The zero-order valence-corrected chi connectivity index (χ0v) is 36.4. The van der Waals surface area contributed by atoms with Gasteiger partial charge in [-0.1, -0.05) is 128 Å². The van der Waals surface area contributed by atoms with Crippen LogP contribution in [0.5, 0.6) is 0 Å². The minimum atomic E-state index is -2.19. The molecule has 1 N–H and O–H groups in total. The number of carbonyl (C=O) groups excluding carboxylic acids is 1. The molecule has 0 unspecified atom stereocenters. The van der Waals surface area contributed by atoms with Crippen LogP contribution in [0.4, 0.5) is 0 Å². The normalized spacial score (nSPS) is 28.1. The first-order valence-corrected chi connectivity index (χ1v) is 23.7. The SMILES string of the molecule is C[C@H]1O[C@@H](C[C@H](Br)C(=O)C[C@H]2O[C@@H](CCOCc3ccccc3)[C@H](OCc3ccccc3)C[C@]2(C)O)[C@H](O[Si](C)(C)C(C)(C)C)C[C@@H]1OCc1ccccc1. The molecule has 8 nitrogen and oxygen atoms in total. The lowest BCUT2D eigenvalue weighted by Crippen LogP contribution is -2.56. The molecule has 2 heterocycles. The third-order valence-corrected chi connectivity index (χ3v) is 16.9. The van der Waals surface area contributed by atoms with Crippen molar-refractivity contribution in [3.8, 4) is 0 Å². The van der Waals surface area contributed by atoms with Gasteiger partial charge in [0.1, 0.15) is 5.78 Å². The van der Waals surface area contributed by atoms with Crippen molar-refractivity contribution >= 4 is 30.0 Å². The van der Waals surface area contributed by atoms with E-state index in [0.717, 1.165) is 16.7 Å². The highest BCUT2D eigenvalue weighted by Gasteiger charge is 2.48. The van der Waals surface area contributed by atoms with Gasteiger partial charge in [-0.15, -0.1) is 0 Å². The van der Waals surface area contributed by atoms with E-state index in [2.05, 4.69) is 61.9 Å². The largest absolute Gasteiger partial charge is 0.411 e. The molecule has 0 bridgehead atoms. The van der Waals surface area contributed by atoms with Crippen LogP contribution in [0.15, 0.2) is 91.0 Å². The summed E-state index contributed by atoms with van der Waals surface area (Å²) in [4.78, 5) is 13.5. The fourth-order valence-corrected chi connectivity index (χ4v) is 9.00. The number of benzene rings is 3. The Morgan fingerprint density at radius 3 is 1.91 bits per heavy atom. The molecule has 0 spiro atoms. The number of aliphatic hydroxyl groups is 1. The zero-order chi connectivity index (χ0) is 39.6. The number of carbonyl (C=O) groups is 1. The first-order valence-electron chi connectivity index (χ1n) is 19.9. The van der Waals surface area contributed by atoms with Gasteiger partial charge in [-0.25, -0.2) is 0 Å². The van der Waals surface area contributed by atoms with Gasteiger partial charge in [0.15, 0.2) is 8.32 Å².